The van der Waals surface area contributed by atoms with Gasteiger partial charge in [0.15, 0.2) is 0 Å². The Hall–Kier alpha value is -0.300. The zero-order valence-electron chi connectivity index (χ0n) is 12.7. The molecule has 0 spiro atoms. The van der Waals surface area contributed by atoms with Crippen molar-refractivity contribution < 1.29 is 4.74 Å². The second-order valence-electron chi connectivity index (χ2n) is 7.45. The molecule has 0 bridgehead atoms. The third-order valence-corrected chi connectivity index (χ3v) is 5.40. The van der Waals surface area contributed by atoms with Gasteiger partial charge in [0, 0.05) is 0 Å². The highest BCUT2D eigenvalue weighted by atomic mass is 16.6. The van der Waals surface area contributed by atoms with Crippen LogP contribution in [0.3, 0.4) is 0 Å². The first-order valence-electron chi connectivity index (χ1n) is 7.68. The van der Waals surface area contributed by atoms with Gasteiger partial charge in [0.25, 0.3) is 0 Å². The van der Waals surface area contributed by atoms with Crippen molar-refractivity contribution >= 4 is 0 Å². The third kappa shape index (κ3) is 2.82. The number of ether oxygens (including phenoxy) is 1. The molecule has 1 saturated heterocycles. The van der Waals surface area contributed by atoms with Crippen LogP contribution in [-0.2, 0) is 4.74 Å². The molecule has 1 heterocycles. The highest BCUT2D eigenvalue weighted by Crippen LogP contribution is 2.54. The van der Waals surface area contributed by atoms with Gasteiger partial charge in [-0.1, -0.05) is 26.8 Å². The van der Waals surface area contributed by atoms with E-state index in [0.717, 1.165) is 18.3 Å². The predicted molar refractivity (Wildman–Crippen MR) is 77.6 cm³/mol. The lowest BCUT2D eigenvalue weighted by atomic mass is 9.54. The molecule has 0 N–H and O–H groups in total. The minimum atomic E-state index is 0.201. The van der Waals surface area contributed by atoms with Crippen LogP contribution < -0.4 is 0 Å². The summed E-state index contributed by atoms with van der Waals surface area (Å²) in [7, 11) is 0. The van der Waals surface area contributed by atoms with Crippen LogP contribution in [0.15, 0.2) is 12.7 Å². The van der Waals surface area contributed by atoms with Gasteiger partial charge in [-0.2, -0.15) is 0 Å². The van der Waals surface area contributed by atoms with Crippen LogP contribution in [0.1, 0.15) is 66.2 Å². The summed E-state index contributed by atoms with van der Waals surface area (Å²) >= 11 is 0. The summed E-state index contributed by atoms with van der Waals surface area (Å²) in [5.41, 5.74) is 0.773. The normalized spacial score (nSPS) is 41.2. The monoisotopic (exact) mass is 250 g/mol. The predicted octanol–water partition coefficient (Wildman–Crippen LogP) is 4.96. The van der Waals surface area contributed by atoms with Crippen LogP contribution in [0.2, 0.25) is 0 Å². The van der Waals surface area contributed by atoms with Gasteiger partial charge in [0.05, 0.1) is 11.7 Å². The van der Waals surface area contributed by atoms with E-state index in [-0.39, 0.29) is 5.60 Å². The molecule has 1 nitrogen and oxygen atoms in total. The molecule has 18 heavy (non-hydrogen) atoms. The van der Waals surface area contributed by atoms with E-state index in [4.69, 9.17) is 4.74 Å². The SMILES string of the molecule is C=CCCCC1O[C@]1(C)CC[C@@H]1[C@@H](C)CC1(C)C. The maximum atomic E-state index is 5.94. The van der Waals surface area contributed by atoms with Crippen LogP contribution in [0.4, 0.5) is 0 Å². The van der Waals surface area contributed by atoms with Gasteiger partial charge in [0.1, 0.15) is 0 Å². The van der Waals surface area contributed by atoms with Crippen molar-refractivity contribution in [3.05, 3.63) is 12.7 Å². The average molecular weight is 250 g/mol. The Morgan fingerprint density at radius 3 is 2.56 bits per heavy atom. The molecule has 1 unspecified atom stereocenters. The Bertz CT molecular complexity index is 307. The van der Waals surface area contributed by atoms with Crippen molar-refractivity contribution in [1.29, 1.82) is 0 Å². The molecule has 1 saturated carbocycles. The lowest BCUT2D eigenvalue weighted by molar-refractivity contribution is -0.0109. The van der Waals surface area contributed by atoms with E-state index in [1.807, 2.05) is 6.08 Å². The van der Waals surface area contributed by atoms with Gasteiger partial charge in [0.2, 0.25) is 0 Å². The number of hydrogen-bond acceptors (Lipinski definition) is 1. The first-order valence-corrected chi connectivity index (χ1v) is 7.68. The summed E-state index contributed by atoms with van der Waals surface area (Å²) in [6.45, 7) is 13.3. The molecule has 104 valence electrons. The third-order valence-electron chi connectivity index (χ3n) is 5.40. The Morgan fingerprint density at radius 2 is 2.00 bits per heavy atom. The number of epoxide rings is 1. The summed E-state index contributed by atoms with van der Waals surface area (Å²) in [6.07, 6.45) is 10.1. The van der Waals surface area contributed by atoms with Gasteiger partial charge < -0.3 is 4.74 Å². The highest BCUT2D eigenvalue weighted by molar-refractivity contribution is 5.01. The second kappa shape index (κ2) is 5.00. The Kier molecular flexibility index (Phi) is 3.92. The lowest BCUT2D eigenvalue weighted by Gasteiger charge is -2.51. The maximum Gasteiger partial charge on any atom is 0.0920 e. The molecule has 2 aliphatic rings. The van der Waals surface area contributed by atoms with Gasteiger partial charge in [-0.3, -0.25) is 0 Å². The smallest absolute Gasteiger partial charge is 0.0920 e. The summed E-state index contributed by atoms with van der Waals surface area (Å²) in [4.78, 5) is 0. The van der Waals surface area contributed by atoms with E-state index in [1.54, 1.807) is 0 Å². The fourth-order valence-corrected chi connectivity index (χ4v) is 4.17. The average Bonchev–Trinajstić information content (AvgIpc) is 2.89. The summed E-state index contributed by atoms with van der Waals surface area (Å²) in [5.74, 6) is 1.83. The maximum absolute atomic E-state index is 5.94. The van der Waals surface area contributed by atoms with E-state index in [9.17, 15) is 0 Å². The molecule has 1 aliphatic carbocycles. The Balaban J connectivity index is 1.70. The van der Waals surface area contributed by atoms with Crippen LogP contribution in [0, 0.1) is 17.3 Å². The first-order chi connectivity index (χ1) is 8.39. The molecule has 2 fully saturated rings. The minimum Gasteiger partial charge on any atom is -0.366 e. The topological polar surface area (TPSA) is 12.5 Å². The van der Waals surface area contributed by atoms with Crippen molar-refractivity contribution in [1.82, 2.24) is 0 Å². The largest absolute Gasteiger partial charge is 0.366 e. The van der Waals surface area contributed by atoms with E-state index in [1.165, 1.54) is 32.1 Å². The zero-order valence-corrected chi connectivity index (χ0v) is 12.7. The molecule has 0 aromatic carbocycles. The van der Waals surface area contributed by atoms with Crippen molar-refractivity contribution in [3.63, 3.8) is 0 Å². The molecular formula is C17H30O. The Morgan fingerprint density at radius 1 is 1.28 bits per heavy atom. The molecule has 4 atom stereocenters. The van der Waals surface area contributed by atoms with Crippen LogP contribution >= 0.6 is 0 Å². The second-order valence-corrected chi connectivity index (χ2v) is 7.45. The molecule has 0 aromatic rings. The van der Waals surface area contributed by atoms with E-state index >= 15 is 0 Å². The first kappa shape index (κ1) is 14.1. The molecule has 0 amide bonds. The summed E-state index contributed by atoms with van der Waals surface area (Å²) in [5, 5.41) is 0. The minimum absolute atomic E-state index is 0.201. The zero-order chi connectivity index (χ0) is 13.4. The highest BCUT2D eigenvalue weighted by Gasteiger charge is 2.53. The van der Waals surface area contributed by atoms with Crippen molar-refractivity contribution in [2.75, 3.05) is 0 Å². The number of rotatable bonds is 7. The summed E-state index contributed by atoms with van der Waals surface area (Å²) in [6, 6.07) is 0. The van der Waals surface area contributed by atoms with Crippen molar-refractivity contribution in [2.45, 2.75) is 77.9 Å². The van der Waals surface area contributed by atoms with E-state index < -0.39 is 0 Å². The quantitative estimate of drug-likeness (QED) is 0.353. The molecular weight excluding hydrogens is 220 g/mol. The van der Waals surface area contributed by atoms with Crippen molar-refractivity contribution in [2.24, 2.45) is 17.3 Å². The van der Waals surface area contributed by atoms with Gasteiger partial charge >= 0.3 is 0 Å². The van der Waals surface area contributed by atoms with Gasteiger partial charge in [-0.25, -0.2) is 0 Å². The van der Waals surface area contributed by atoms with Crippen molar-refractivity contribution in [3.8, 4) is 0 Å². The van der Waals surface area contributed by atoms with Crippen LogP contribution in [0.25, 0.3) is 0 Å². The number of unbranched alkanes of at least 4 members (excludes halogenated alkanes) is 1. The standard InChI is InChI=1S/C17H30O/c1-6-7-8-9-15-17(5,18-15)11-10-14-13(2)12-16(14,3)4/h6,13-15H,1,7-12H2,2-5H3/t13-,14+,15?,17+/m0/s1. The Labute approximate surface area is 113 Å². The number of allylic oxidation sites excluding steroid dienone is 1. The van der Waals surface area contributed by atoms with E-state index in [2.05, 4.69) is 34.3 Å². The van der Waals surface area contributed by atoms with Crippen LogP contribution in [-0.4, -0.2) is 11.7 Å². The number of hydrogen-bond donors (Lipinski definition) is 0. The fraction of sp³-hybridized carbons (Fsp3) is 0.882. The molecule has 0 aromatic heterocycles. The van der Waals surface area contributed by atoms with Crippen LogP contribution in [0.5, 0.6) is 0 Å². The molecule has 2 rings (SSSR count). The fourth-order valence-electron chi connectivity index (χ4n) is 4.17. The summed E-state index contributed by atoms with van der Waals surface area (Å²) < 4.78 is 5.94. The molecule has 1 aliphatic heterocycles. The van der Waals surface area contributed by atoms with Gasteiger partial charge in [-0.05, 0) is 62.7 Å². The van der Waals surface area contributed by atoms with E-state index in [0.29, 0.717) is 11.5 Å². The van der Waals surface area contributed by atoms with Gasteiger partial charge in [-0.15, -0.1) is 6.58 Å². The molecule has 0 radical (unpaired) electrons. The lowest BCUT2D eigenvalue weighted by Crippen LogP contribution is -2.42. The molecule has 1 heteroatoms.